The van der Waals surface area contributed by atoms with Gasteiger partial charge in [-0.15, -0.1) is 0 Å². The van der Waals surface area contributed by atoms with Crippen LogP contribution in [-0.4, -0.2) is 35.9 Å². The van der Waals surface area contributed by atoms with Gasteiger partial charge in [-0.1, -0.05) is 18.2 Å². The molecular weight excluding hydrogens is 210 g/mol. The Kier molecular flexibility index (Phi) is 3.53. The lowest BCUT2D eigenvalue weighted by molar-refractivity contribution is 0.122. The number of benzene rings is 1. The van der Waals surface area contributed by atoms with E-state index in [1.807, 2.05) is 24.3 Å². The van der Waals surface area contributed by atoms with Crippen LogP contribution >= 0.6 is 0 Å². The lowest BCUT2D eigenvalue weighted by atomic mass is 10.2. The summed E-state index contributed by atoms with van der Waals surface area (Å²) in [6.45, 7) is 3.32. The zero-order valence-corrected chi connectivity index (χ0v) is 9.20. The van der Waals surface area contributed by atoms with Gasteiger partial charge >= 0.3 is 0 Å². The molecule has 0 N–H and O–H groups in total. The Bertz CT molecular complexity index is 382. The van der Waals surface area contributed by atoms with Crippen molar-refractivity contribution in [3.63, 3.8) is 0 Å². The molecule has 1 aliphatic rings. The first-order valence-corrected chi connectivity index (χ1v) is 5.76. The summed E-state index contributed by atoms with van der Waals surface area (Å²) in [4.78, 5) is 2.26. The first-order valence-electron chi connectivity index (χ1n) is 4.95. The average Bonchev–Trinajstić information content (AvgIpc) is 2.31. The lowest BCUT2D eigenvalue weighted by Crippen LogP contribution is -2.36. The van der Waals surface area contributed by atoms with E-state index in [1.165, 1.54) is 0 Å². The minimum Gasteiger partial charge on any atom is -0.378 e. The molecule has 3 nitrogen and oxygen atoms in total. The second-order valence-corrected chi connectivity index (χ2v) is 3.80. The fourth-order valence-electron chi connectivity index (χ4n) is 1.73. The van der Waals surface area contributed by atoms with E-state index in [2.05, 4.69) is 4.90 Å². The van der Waals surface area contributed by atoms with E-state index >= 15 is 0 Å². The molecule has 1 fully saturated rings. The maximum atomic E-state index is 10.6. The van der Waals surface area contributed by atoms with E-state index in [1.54, 1.807) is 5.37 Å². The summed E-state index contributed by atoms with van der Waals surface area (Å²) < 4.78 is 15.9. The molecule has 1 saturated heterocycles. The highest BCUT2D eigenvalue weighted by Gasteiger charge is 2.12. The number of morpholine rings is 1. The minimum atomic E-state index is 0.500. The molecule has 15 heavy (non-hydrogen) atoms. The zero-order valence-electron chi connectivity index (χ0n) is 8.39. The van der Waals surface area contributed by atoms with Gasteiger partial charge in [-0.25, -0.2) is 4.21 Å². The van der Waals surface area contributed by atoms with Gasteiger partial charge in [-0.2, -0.15) is 0 Å². The third-order valence-electron chi connectivity index (χ3n) is 2.46. The van der Waals surface area contributed by atoms with Crippen LogP contribution in [0, 0.1) is 0 Å². The highest BCUT2D eigenvalue weighted by atomic mass is 32.1. The van der Waals surface area contributed by atoms with Gasteiger partial charge in [-0.3, -0.25) is 0 Å². The molecule has 0 saturated carbocycles. The van der Waals surface area contributed by atoms with Gasteiger partial charge in [0.2, 0.25) is 0 Å². The van der Waals surface area contributed by atoms with E-state index in [4.69, 9.17) is 4.74 Å². The molecule has 1 aromatic carbocycles. The Balaban J connectivity index is 2.28. The molecular formula is C11H13NO2S. The third kappa shape index (κ3) is 2.46. The highest BCUT2D eigenvalue weighted by Crippen LogP contribution is 2.19. The van der Waals surface area contributed by atoms with Crippen LogP contribution < -0.4 is 4.90 Å². The highest BCUT2D eigenvalue weighted by molar-refractivity contribution is 7.65. The third-order valence-corrected chi connectivity index (χ3v) is 2.81. The molecule has 1 aliphatic heterocycles. The number of hydrogen-bond donors (Lipinski definition) is 0. The molecule has 0 aromatic heterocycles. The smallest absolute Gasteiger partial charge is 0.0892 e. The van der Waals surface area contributed by atoms with Crippen molar-refractivity contribution in [2.75, 3.05) is 31.2 Å². The van der Waals surface area contributed by atoms with Crippen LogP contribution in [0.2, 0.25) is 0 Å². The lowest BCUT2D eigenvalue weighted by Gasteiger charge is -2.29. The summed E-state index contributed by atoms with van der Waals surface area (Å²) in [7, 11) is 0. The molecule has 0 amide bonds. The molecule has 0 radical (unpaired) electrons. The SMILES string of the molecule is O=S=Cc1ccccc1N1CCOCC1. The van der Waals surface area contributed by atoms with Crippen molar-refractivity contribution >= 4 is 22.3 Å². The van der Waals surface area contributed by atoms with Crippen molar-refractivity contribution < 1.29 is 8.95 Å². The number of anilines is 1. The molecule has 0 spiro atoms. The Morgan fingerprint density at radius 1 is 1.27 bits per heavy atom. The van der Waals surface area contributed by atoms with Crippen LogP contribution in [0.15, 0.2) is 24.3 Å². The first kappa shape index (κ1) is 10.4. The monoisotopic (exact) mass is 223 g/mol. The second-order valence-electron chi connectivity index (χ2n) is 3.37. The normalized spacial score (nSPS) is 16.1. The Morgan fingerprint density at radius 3 is 2.73 bits per heavy atom. The Labute approximate surface area is 92.7 Å². The van der Waals surface area contributed by atoms with Crippen molar-refractivity contribution in [3.8, 4) is 0 Å². The van der Waals surface area contributed by atoms with Crippen LogP contribution in [0.25, 0.3) is 0 Å². The van der Waals surface area contributed by atoms with Crippen LogP contribution in [-0.2, 0) is 16.0 Å². The molecule has 0 atom stereocenters. The molecule has 1 aromatic rings. The van der Waals surface area contributed by atoms with Crippen LogP contribution in [0.5, 0.6) is 0 Å². The van der Waals surface area contributed by atoms with E-state index in [0.717, 1.165) is 37.6 Å². The maximum Gasteiger partial charge on any atom is 0.0892 e. The minimum absolute atomic E-state index is 0.500. The van der Waals surface area contributed by atoms with Crippen molar-refractivity contribution in [3.05, 3.63) is 29.8 Å². The predicted octanol–water partition coefficient (Wildman–Crippen LogP) is 0.886. The Morgan fingerprint density at radius 2 is 2.00 bits per heavy atom. The molecule has 0 aliphatic carbocycles. The molecule has 2 rings (SSSR count). The van der Waals surface area contributed by atoms with Gasteiger partial charge in [0, 0.05) is 29.7 Å². The van der Waals surface area contributed by atoms with Crippen LogP contribution in [0.4, 0.5) is 5.69 Å². The number of para-hydroxylation sites is 1. The van der Waals surface area contributed by atoms with E-state index in [-0.39, 0.29) is 0 Å². The second kappa shape index (κ2) is 5.09. The molecule has 1 heterocycles. The van der Waals surface area contributed by atoms with Crippen LogP contribution in [0.3, 0.4) is 0 Å². The fourth-order valence-corrected chi connectivity index (χ4v) is 2.03. The topological polar surface area (TPSA) is 29.5 Å². The van der Waals surface area contributed by atoms with Crippen molar-refractivity contribution in [1.82, 2.24) is 0 Å². The molecule has 4 heteroatoms. The Hall–Kier alpha value is -1.13. The molecule has 80 valence electrons. The largest absolute Gasteiger partial charge is 0.378 e. The number of ether oxygens (including phenoxy) is 1. The summed E-state index contributed by atoms with van der Waals surface area (Å²) >= 11 is 0.500. The van der Waals surface area contributed by atoms with Gasteiger partial charge in [-0.05, 0) is 6.07 Å². The average molecular weight is 223 g/mol. The fraction of sp³-hybridized carbons (Fsp3) is 0.364. The van der Waals surface area contributed by atoms with E-state index in [0.29, 0.717) is 11.3 Å². The standard InChI is InChI=1S/C11H13NO2S/c13-15-9-10-3-1-2-4-11(10)12-5-7-14-8-6-12/h1-4,9H,5-8H2. The molecule has 0 unspecified atom stereocenters. The van der Waals surface area contributed by atoms with Gasteiger partial charge in [0.25, 0.3) is 0 Å². The van der Waals surface area contributed by atoms with E-state index in [9.17, 15) is 4.21 Å². The van der Waals surface area contributed by atoms with Gasteiger partial charge < -0.3 is 9.64 Å². The number of hydrogen-bond acceptors (Lipinski definition) is 3. The summed E-state index contributed by atoms with van der Waals surface area (Å²) in [5.74, 6) is 0. The van der Waals surface area contributed by atoms with Crippen LogP contribution in [0.1, 0.15) is 5.56 Å². The summed E-state index contributed by atoms with van der Waals surface area (Å²) in [6, 6.07) is 7.96. The van der Waals surface area contributed by atoms with Gasteiger partial charge in [0.1, 0.15) is 0 Å². The first-order chi connectivity index (χ1) is 7.42. The zero-order chi connectivity index (χ0) is 10.5. The summed E-state index contributed by atoms with van der Waals surface area (Å²) in [5, 5.41) is 1.64. The van der Waals surface area contributed by atoms with Gasteiger partial charge in [0.15, 0.2) is 0 Å². The summed E-state index contributed by atoms with van der Waals surface area (Å²) in [5.41, 5.74) is 2.13. The van der Waals surface area contributed by atoms with Crippen molar-refractivity contribution in [2.24, 2.45) is 0 Å². The molecule has 0 bridgehead atoms. The predicted molar refractivity (Wildman–Crippen MR) is 62.8 cm³/mol. The van der Waals surface area contributed by atoms with E-state index < -0.39 is 0 Å². The quantitative estimate of drug-likeness (QED) is 0.697. The summed E-state index contributed by atoms with van der Waals surface area (Å²) in [6.07, 6.45) is 0. The van der Waals surface area contributed by atoms with Crippen molar-refractivity contribution in [2.45, 2.75) is 0 Å². The van der Waals surface area contributed by atoms with Gasteiger partial charge in [0.05, 0.1) is 24.5 Å². The maximum absolute atomic E-state index is 10.6. The number of nitrogens with zero attached hydrogens (tertiary/aromatic N) is 1. The van der Waals surface area contributed by atoms with Crippen molar-refractivity contribution in [1.29, 1.82) is 0 Å². The number of rotatable bonds is 2.